The van der Waals surface area contributed by atoms with Crippen LogP contribution in [0.25, 0.3) is 0 Å². The molecule has 7 heteroatoms. The molecule has 1 fully saturated rings. The summed E-state index contributed by atoms with van der Waals surface area (Å²) in [5, 5.41) is 11.0. The fourth-order valence-corrected chi connectivity index (χ4v) is 2.46. The summed E-state index contributed by atoms with van der Waals surface area (Å²) in [5.41, 5.74) is 2.12. The average Bonchev–Trinajstić information content (AvgIpc) is 3.00. The van der Waals surface area contributed by atoms with Crippen molar-refractivity contribution >= 4 is 0 Å². The Morgan fingerprint density at radius 3 is 2.85 bits per heavy atom. The van der Waals surface area contributed by atoms with Crippen LogP contribution in [0.5, 0.6) is 0 Å². The third kappa shape index (κ3) is 2.59. The highest BCUT2D eigenvalue weighted by atomic mass is 16.5. The smallest absolute Gasteiger partial charge is 0.180 e. The number of aromatic nitrogens is 4. The predicted octanol–water partition coefficient (Wildman–Crippen LogP) is 1.29. The summed E-state index contributed by atoms with van der Waals surface area (Å²) in [6.07, 6.45) is -0.0748. The van der Waals surface area contributed by atoms with Gasteiger partial charge in [0.2, 0.25) is 0 Å². The standard InChI is InChI=1S/C13H19N5O2/c1-8-11(9(2)20-17-8)6-18-4-5-19-12(7-18)13-14-10(3)15-16-13/h12H,4-7H2,1-3H3,(H,14,15,16). The largest absolute Gasteiger partial charge is 0.367 e. The number of aromatic amines is 1. The molecule has 0 aliphatic carbocycles. The van der Waals surface area contributed by atoms with Crippen molar-refractivity contribution in [2.75, 3.05) is 19.7 Å². The summed E-state index contributed by atoms with van der Waals surface area (Å²) in [7, 11) is 0. The van der Waals surface area contributed by atoms with Crippen molar-refractivity contribution in [2.24, 2.45) is 0 Å². The van der Waals surface area contributed by atoms with E-state index in [0.717, 1.165) is 48.3 Å². The number of H-pyrrole nitrogens is 1. The molecule has 7 nitrogen and oxygen atoms in total. The number of nitrogens with zero attached hydrogens (tertiary/aromatic N) is 4. The van der Waals surface area contributed by atoms with E-state index < -0.39 is 0 Å². The zero-order valence-electron chi connectivity index (χ0n) is 12.0. The molecule has 1 N–H and O–H groups in total. The molecule has 1 aliphatic heterocycles. The van der Waals surface area contributed by atoms with Gasteiger partial charge in [0.1, 0.15) is 17.7 Å². The Kier molecular flexibility index (Phi) is 3.54. The summed E-state index contributed by atoms with van der Waals surface area (Å²) >= 11 is 0. The fourth-order valence-electron chi connectivity index (χ4n) is 2.46. The van der Waals surface area contributed by atoms with Crippen LogP contribution in [0.1, 0.15) is 34.8 Å². The van der Waals surface area contributed by atoms with Crippen molar-refractivity contribution in [3.63, 3.8) is 0 Å². The summed E-state index contributed by atoms with van der Waals surface area (Å²) in [5.74, 6) is 2.43. The summed E-state index contributed by atoms with van der Waals surface area (Å²) in [6.45, 7) is 8.99. The minimum atomic E-state index is -0.0748. The van der Waals surface area contributed by atoms with Crippen molar-refractivity contribution in [3.8, 4) is 0 Å². The van der Waals surface area contributed by atoms with E-state index in [1.54, 1.807) is 0 Å². The quantitative estimate of drug-likeness (QED) is 0.910. The molecule has 3 heterocycles. The van der Waals surface area contributed by atoms with Gasteiger partial charge in [-0.3, -0.25) is 10.00 Å². The molecule has 1 atom stereocenters. The van der Waals surface area contributed by atoms with Crippen LogP contribution >= 0.6 is 0 Å². The van der Waals surface area contributed by atoms with E-state index in [2.05, 4.69) is 25.2 Å². The Morgan fingerprint density at radius 1 is 1.35 bits per heavy atom. The lowest BCUT2D eigenvalue weighted by Crippen LogP contribution is -2.38. The molecular weight excluding hydrogens is 258 g/mol. The van der Waals surface area contributed by atoms with Crippen LogP contribution in [0.15, 0.2) is 4.52 Å². The predicted molar refractivity (Wildman–Crippen MR) is 71.1 cm³/mol. The second-order valence-corrected chi connectivity index (χ2v) is 5.18. The van der Waals surface area contributed by atoms with Crippen molar-refractivity contribution in [3.05, 3.63) is 28.7 Å². The van der Waals surface area contributed by atoms with Gasteiger partial charge in [-0.1, -0.05) is 5.16 Å². The van der Waals surface area contributed by atoms with E-state index in [1.165, 1.54) is 0 Å². The summed E-state index contributed by atoms with van der Waals surface area (Å²) in [4.78, 5) is 6.68. The maximum Gasteiger partial charge on any atom is 0.180 e. The lowest BCUT2D eigenvalue weighted by Gasteiger charge is -2.31. The number of morpholine rings is 1. The first-order valence-corrected chi connectivity index (χ1v) is 6.78. The molecule has 0 aromatic carbocycles. The molecule has 1 aliphatic rings. The molecule has 0 radical (unpaired) electrons. The zero-order valence-corrected chi connectivity index (χ0v) is 12.0. The van der Waals surface area contributed by atoms with Crippen LogP contribution in [0.3, 0.4) is 0 Å². The first kappa shape index (κ1) is 13.3. The SMILES string of the molecule is Cc1nc(C2CN(Cc3c(C)noc3C)CCO2)n[nH]1. The van der Waals surface area contributed by atoms with Gasteiger partial charge in [-0.25, -0.2) is 4.98 Å². The Hall–Kier alpha value is -1.73. The number of hydrogen-bond acceptors (Lipinski definition) is 6. The van der Waals surface area contributed by atoms with Gasteiger partial charge in [-0.15, -0.1) is 0 Å². The number of ether oxygens (including phenoxy) is 1. The molecule has 0 bridgehead atoms. The maximum atomic E-state index is 5.76. The van der Waals surface area contributed by atoms with Gasteiger partial charge in [0.05, 0.1) is 12.3 Å². The van der Waals surface area contributed by atoms with Crippen molar-refractivity contribution in [2.45, 2.75) is 33.4 Å². The number of nitrogens with one attached hydrogen (secondary N) is 1. The molecule has 0 spiro atoms. The molecule has 2 aromatic rings. The van der Waals surface area contributed by atoms with Gasteiger partial charge in [-0.2, -0.15) is 5.10 Å². The highest BCUT2D eigenvalue weighted by Crippen LogP contribution is 2.22. The zero-order chi connectivity index (χ0) is 14.1. The first-order valence-electron chi connectivity index (χ1n) is 6.78. The number of hydrogen-bond donors (Lipinski definition) is 1. The summed E-state index contributed by atoms with van der Waals surface area (Å²) in [6, 6.07) is 0. The topological polar surface area (TPSA) is 80.1 Å². The van der Waals surface area contributed by atoms with Gasteiger partial charge in [-0.05, 0) is 20.8 Å². The maximum absolute atomic E-state index is 5.76. The van der Waals surface area contributed by atoms with Crippen molar-refractivity contribution in [1.29, 1.82) is 0 Å². The molecule has 20 heavy (non-hydrogen) atoms. The minimum absolute atomic E-state index is 0.0748. The minimum Gasteiger partial charge on any atom is -0.367 e. The lowest BCUT2D eigenvalue weighted by molar-refractivity contribution is -0.0372. The van der Waals surface area contributed by atoms with Crippen LogP contribution in [0, 0.1) is 20.8 Å². The van der Waals surface area contributed by atoms with Gasteiger partial charge in [0, 0.05) is 25.2 Å². The van der Waals surface area contributed by atoms with E-state index in [4.69, 9.17) is 9.26 Å². The van der Waals surface area contributed by atoms with Crippen LogP contribution < -0.4 is 0 Å². The number of aryl methyl sites for hydroxylation is 3. The monoisotopic (exact) mass is 277 g/mol. The Morgan fingerprint density at radius 2 is 2.20 bits per heavy atom. The molecule has 1 saturated heterocycles. The highest BCUT2D eigenvalue weighted by Gasteiger charge is 2.26. The van der Waals surface area contributed by atoms with E-state index in [9.17, 15) is 0 Å². The normalized spacial score (nSPS) is 20.4. The van der Waals surface area contributed by atoms with Crippen LogP contribution in [0.4, 0.5) is 0 Å². The molecule has 3 rings (SSSR count). The second kappa shape index (κ2) is 5.34. The van der Waals surface area contributed by atoms with E-state index >= 15 is 0 Å². The first-order chi connectivity index (χ1) is 9.63. The van der Waals surface area contributed by atoms with Crippen LogP contribution in [-0.4, -0.2) is 44.9 Å². The Balaban J connectivity index is 1.69. The van der Waals surface area contributed by atoms with Crippen molar-refractivity contribution < 1.29 is 9.26 Å². The van der Waals surface area contributed by atoms with E-state index in [1.807, 2.05) is 20.8 Å². The van der Waals surface area contributed by atoms with Crippen molar-refractivity contribution in [1.82, 2.24) is 25.2 Å². The molecule has 0 amide bonds. The molecule has 108 valence electrons. The van der Waals surface area contributed by atoms with Gasteiger partial charge in [0.15, 0.2) is 5.82 Å². The van der Waals surface area contributed by atoms with Gasteiger partial charge >= 0.3 is 0 Å². The lowest BCUT2D eigenvalue weighted by atomic mass is 10.1. The molecule has 1 unspecified atom stereocenters. The van der Waals surface area contributed by atoms with Crippen LogP contribution in [0.2, 0.25) is 0 Å². The second-order valence-electron chi connectivity index (χ2n) is 5.18. The highest BCUT2D eigenvalue weighted by molar-refractivity contribution is 5.20. The molecule has 2 aromatic heterocycles. The Labute approximate surface area is 117 Å². The van der Waals surface area contributed by atoms with Crippen LogP contribution in [-0.2, 0) is 11.3 Å². The van der Waals surface area contributed by atoms with Gasteiger partial charge < -0.3 is 9.26 Å². The summed E-state index contributed by atoms with van der Waals surface area (Å²) < 4.78 is 11.0. The number of rotatable bonds is 3. The fraction of sp³-hybridized carbons (Fsp3) is 0.615. The third-order valence-electron chi connectivity index (χ3n) is 3.62. The average molecular weight is 277 g/mol. The third-order valence-corrected chi connectivity index (χ3v) is 3.62. The molecular formula is C13H19N5O2. The van der Waals surface area contributed by atoms with E-state index in [0.29, 0.717) is 6.61 Å². The van der Waals surface area contributed by atoms with Gasteiger partial charge in [0.25, 0.3) is 0 Å². The Bertz CT molecular complexity index is 572. The molecule has 0 saturated carbocycles. The van der Waals surface area contributed by atoms with E-state index in [-0.39, 0.29) is 6.10 Å².